The van der Waals surface area contributed by atoms with E-state index in [2.05, 4.69) is 17.5 Å². The largest absolute Gasteiger partial charge is 0.436 e. The van der Waals surface area contributed by atoms with Crippen LogP contribution in [-0.4, -0.2) is 48.1 Å². The molecule has 2 atom stereocenters. The molecule has 3 amide bonds. The van der Waals surface area contributed by atoms with Crippen molar-refractivity contribution in [3.05, 3.63) is 52.6 Å². The number of amides is 3. The van der Waals surface area contributed by atoms with Gasteiger partial charge >= 0.3 is 6.09 Å². The van der Waals surface area contributed by atoms with Crippen molar-refractivity contribution in [2.24, 2.45) is 16.9 Å². The molecular weight excluding hydrogens is 554 g/mol. The number of pyridine rings is 1. The molecule has 5 N–H and O–H groups in total. The predicted molar refractivity (Wildman–Crippen MR) is 159 cm³/mol. The van der Waals surface area contributed by atoms with Gasteiger partial charge in [-0.1, -0.05) is 69.8 Å². The van der Waals surface area contributed by atoms with Gasteiger partial charge in [-0.25, -0.2) is 9.78 Å². The first-order valence-corrected chi connectivity index (χ1v) is 14.7. The summed E-state index contributed by atoms with van der Waals surface area (Å²) >= 11 is 1.10. The van der Waals surface area contributed by atoms with Crippen molar-refractivity contribution < 1.29 is 19.1 Å². The molecule has 3 rings (SSSR count). The summed E-state index contributed by atoms with van der Waals surface area (Å²) < 4.78 is 5.10. The third-order valence-electron chi connectivity index (χ3n) is 6.91. The van der Waals surface area contributed by atoms with Crippen LogP contribution < -0.4 is 21.7 Å². The molecule has 0 saturated carbocycles. The van der Waals surface area contributed by atoms with E-state index >= 15 is 0 Å². The summed E-state index contributed by atoms with van der Waals surface area (Å²) in [4.78, 5) is 43.5. The summed E-state index contributed by atoms with van der Waals surface area (Å²) in [6, 6.07) is 13.3. The van der Waals surface area contributed by atoms with E-state index in [9.17, 15) is 24.9 Å². The number of aromatic nitrogens is 1. The van der Waals surface area contributed by atoms with Gasteiger partial charge in [0.05, 0.1) is 11.1 Å². The number of primary amides is 2. The van der Waals surface area contributed by atoms with Crippen LogP contribution in [0.25, 0.3) is 0 Å². The molecule has 42 heavy (non-hydrogen) atoms. The molecular formula is C30H37N7O4S. The lowest BCUT2D eigenvalue weighted by molar-refractivity contribution is -0.131. The predicted octanol–water partition coefficient (Wildman–Crippen LogP) is 3.69. The summed E-state index contributed by atoms with van der Waals surface area (Å²) in [5.74, 6) is -0.538. The average Bonchev–Trinajstić information content (AvgIpc) is 2.94. The van der Waals surface area contributed by atoms with Crippen molar-refractivity contribution in [2.75, 3.05) is 18.0 Å². The number of rotatable bonds is 10. The quantitative estimate of drug-likeness (QED) is 0.346. The Hall–Kier alpha value is -4.29. The number of nitrogens with zero attached hydrogens (tertiary/aromatic N) is 4. The smallest absolute Gasteiger partial charge is 0.405 e. The molecule has 222 valence electrons. The molecule has 1 aliphatic rings. The fraction of sp³-hybridized carbons (Fsp3) is 0.467. The van der Waals surface area contributed by atoms with E-state index in [1.54, 1.807) is 24.3 Å². The SMILES string of the molecule is CCc1c(C#N)c(SC(C(N)=O)c2ccccc2)nc(N2CCC(NC(=O)[C@@H](CC(C)(C)C)OC(N)=O)CC2)c1C#N. The molecule has 2 heterocycles. The van der Waals surface area contributed by atoms with Crippen LogP contribution in [0.2, 0.25) is 0 Å². The van der Waals surface area contributed by atoms with Gasteiger partial charge in [0, 0.05) is 19.1 Å². The zero-order chi connectivity index (χ0) is 31.0. The lowest BCUT2D eigenvalue weighted by Gasteiger charge is -2.35. The molecule has 1 saturated heterocycles. The van der Waals surface area contributed by atoms with Crippen LogP contribution in [0, 0.1) is 28.1 Å². The normalized spacial score (nSPS) is 15.1. The van der Waals surface area contributed by atoms with Crippen LogP contribution in [0.4, 0.5) is 10.6 Å². The first kappa shape index (κ1) is 32.2. The van der Waals surface area contributed by atoms with Gasteiger partial charge in [0.25, 0.3) is 5.91 Å². The Kier molecular flexibility index (Phi) is 10.8. The lowest BCUT2D eigenvalue weighted by Crippen LogP contribution is -2.49. The van der Waals surface area contributed by atoms with Crippen molar-refractivity contribution in [2.45, 2.75) is 75.8 Å². The molecule has 1 unspecified atom stereocenters. The van der Waals surface area contributed by atoms with E-state index in [4.69, 9.17) is 21.2 Å². The number of nitrogens with two attached hydrogens (primary N) is 2. The number of thioether (sulfide) groups is 1. The molecule has 0 radical (unpaired) electrons. The molecule has 0 bridgehead atoms. The van der Waals surface area contributed by atoms with E-state index in [0.717, 1.165) is 11.8 Å². The first-order chi connectivity index (χ1) is 19.9. The van der Waals surface area contributed by atoms with Crippen molar-refractivity contribution >= 4 is 35.5 Å². The number of hydrogen-bond acceptors (Lipinski definition) is 9. The summed E-state index contributed by atoms with van der Waals surface area (Å²) in [7, 11) is 0. The number of nitriles is 2. The number of ether oxygens (including phenoxy) is 1. The van der Waals surface area contributed by atoms with Gasteiger partial charge in [0.15, 0.2) is 6.10 Å². The van der Waals surface area contributed by atoms with E-state index in [0.29, 0.717) is 66.3 Å². The zero-order valence-corrected chi connectivity index (χ0v) is 25.2. The average molecular weight is 592 g/mol. The Bertz CT molecular complexity index is 1390. The third-order valence-corrected chi connectivity index (χ3v) is 8.16. The van der Waals surface area contributed by atoms with Gasteiger partial charge < -0.3 is 26.4 Å². The Morgan fingerprint density at radius 3 is 2.24 bits per heavy atom. The van der Waals surface area contributed by atoms with Gasteiger partial charge in [-0.15, -0.1) is 0 Å². The van der Waals surface area contributed by atoms with E-state index in [1.807, 2.05) is 38.7 Å². The zero-order valence-electron chi connectivity index (χ0n) is 24.3. The van der Waals surface area contributed by atoms with Crippen LogP contribution in [0.5, 0.6) is 0 Å². The van der Waals surface area contributed by atoms with Gasteiger partial charge in [-0.3, -0.25) is 9.59 Å². The third kappa shape index (κ3) is 8.14. The molecule has 1 aromatic heterocycles. The highest BCUT2D eigenvalue weighted by Gasteiger charge is 2.32. The van der Waals surface area contributed by atoms with E-state index in [-0.39, 0.29) is 17.0 Å². The number of nitrogens with one attached hydrogen (secondary N) is 1. The highest BCUT2D eigenvalue weighted by Crippen LogP contribution is 2.40. The van der Waals surface area contributed by atoms with Crippen LogP contribution in [0.15, 0.2) is 35.4 Å². The number of piperidine rings is 1. The molecule has 11 nitrogen and oxygen atoms in total. The summed E-state index contributed by atoms with van der Waals surface area (Å²) in [5.41, 5.74) is 12.5. The molecule has 1 aromatic carbocycles. The first-order valence-electron chi connectivity index (χ1n) is 13.8. The van der Waals surface area contributed by atoms with E-state index in [1.165, 1.54) is 0 Å². The fourth-order valence-electron chi connectivity index (χ4n) is 4.94. The standard InChI is InChI=1S/C30H37N7O4S/c1-5-20-21(16-31)26(36-28(22(20)17-32)42-24(25(33)38)18-9-7-6-8-10-18)37-13-11-19(12-14-37)35-27(39)23(41-29(34)40)15-30(2,3)4/h6-10,19,23-24H,5,11-15H2,1-4H3,(H2,33,38)(H2,34,40)(H,35,39)/t23-,24?/m1/s1. The number of benzene rings is 1. The second-order valence-electron chi connectivity index (χ2n) is 11.3. The minimum atomic E-state index is -1.00. The molecule has 1 aliphatic heterocycles. The van der Waals surface area contributed by atoms with Gasteiger partial charge in [-0.05, 0) is 42.2 Å². The number of carbonyl (C=O) groups is 3. The molecule has 0 aliphatic carbocycles. The maximum Gasteiger partial charge on any atom is 0.405 e. The van der Waals surface area contributed by atoms with Gasteiger partial charge in [0.2, 0.25) is 5.91 Å². The van der Waals surface area contributed by atoms with E-state index < -0.39 is 29.3 Å². The monoisotopic (exact) mass is 591 g/mol. The van der Waals surface area contributed by atoms with Crippen molar-refractivity contribution in [3.63, 3.8) is 0 Å². The highest BCUT2D eigenvalue weighted by molar-refractivity contribution is 8.00. The number of carbonyl (C=O) groups excluding carboxylic acids is 3. The maximum absolute atomic E-state index is 13.0. The fourth-order valence-corrected chi connectivity index (χ4v) is 6.00. The Balaban J connectivity index is 1.86. The minimum Gasteiger partial charge on any atom is -0.436 e. The summed E-state index contributed by atoms with van der Waals surface area (Å²) in [6.45, 7) is 8.64. The molecule has 12 heteroatoms. The second-order valence-corrected chi connectivity index (χ2v) is 12.4. The van der Waals surface area contributed by atoms with Gasteiger partial charge in [0.1, 0.15) is 28.2 Å². The van der Waals surface area contributed by atoms with Gasteiger partial charge in [-0.2, -0.15) is 10.5 Å². The molecule has 1 fully saturated rings. The second kappa shape index (κ2) is 14.1. The van der Waals surface area contributed by atoms with Crippen LogP contribution in [0.1, 0.15) is 74.5 Å². The Morgan fingerprint density at radius 2 is 1.74 bits per heavy atom. The molecule has 2 aromatic rings. The molecule has 0 spiro atoms. The van der Waals surface area contributed by atoms with Crippen LogP contribution in [0.3, 0.4) is 0 Å². The minimum absolute atomic E-state index is 0.187. The number of hydrogen-bond donors (Lipinski definition) is 3. The Morgan fingerprint density at radius 1 is 1.12 bits per heavy atom. The van der Waals surface area contributed by atoms with Crippen molar-refractivity contribution in [3.8, 4) is 12.1 Å². The van der Waals surface area contributed by atoms with Crippen molar-refractivity contribution in [1.29, 1.82) is 10.5 Å². The highest BCUT2D eigenvalue weighted by atomic mass is 32.2. The Labute approximate surface area is 250 Å². The summed E-state index contributed by atoms with van der Waals surface area (Å²) in [5, 5.41) is 22.7. The van der Waals surface area contributed by atoms with Crippen molar-refractivity contribution in [1.82, 2.24) is 10.3 Å². The number of anilines is 1. The summed E-state index contributed by atoms with van der Waals surface area (Å²) in [6.07, 6.45) is -0.166. The van der Waals surface area contributed by atoms with Crippen LogP contribution in [-0.2, 0) is 20.7 Å². The lowest BCUT2D eigenvalue weighted by atomic mass is 9.88. The van der Waals surface area contributed by atoms with Crippen LogP contribution >= 0.6 is 11.8 Å². The maximum atomic E-state index is 13.0. The topological polar surface area (TPSA) is 188 Å².